The number of halogens is 3. The standard InChI is InChI=1S/C12H12F3N3/c1-18-7-8(6-17-18)4-5-16-10-3-2-9(13)11(14)12(10)15/h2-3,6-7,16H,4-5H2,1H3. The second-order valence-electron chi connectivity index (χ2n) is 3.92. The zero-order valence-corrected chi connectivity index (χ0v) is 9.75. The van der Waals surface area contributed by atoms with Crippen LogP contribution in [0.1, 0.15) is 5.56 Å². The van der Waals surface area contributed by atoms with E-state index in [9.17, 15) is 13.2 Å². The molecule has 0 atom stereocenters. The number of aromatic nitrogens is 2. The van der Waals surface area contributed by atoms with E-state index in [0.29, 0.717) is 13.0 Å². The van der Waals surface area contributed by atoms with Crippen molar-refractivity contribution < 1.29 is 13.2 Å². The van der Waals surface area contributed by atoms with E-state index < -0.39 is 17.5 Å². The van der Waals surface area contributed by atoms with Gasteiger partial charge in [-0.25, -0.2) is 13.2 Å². The molecule has 2 aromatic rings. The molecule has 0 aliphatic carbocycles. The van der Waals surface area contributed by atoms with Crippen LogP contribution in [0.4, 0.5) is 18.9 Å². The second-order valence-corrected chi connectivity index (χ2v) is 3.92. The Hall–Kier alpha value is -1.98. The van der Waals surface area contributed by atoms with Crippen LogP contribution in [-0.2, 0) is 13.5 Å². The molecule has 1 aromatic carbocycles. The van der Waals surface area contributed by atoms with E-state index in [4.69, 9.17) is 0 Å². The molecule has 0 aliphatic rings. The van der Waals surface area contributed by atoms with Crippen LogP contribution in [-0.4, -0.2) is 16.3 Å². The van der Waals surface area contributed by atoms with Gasteiger partial charge in [-0.1, -0.05) is 0 Å². The largest absolute Gasteiger partial charge is 0.382 e. The first kappa shape index (κ1) is 12.5. The molecule has 0 spiro atoms. The summed E-state index contributed by atoms with van der Waals surface area (Å²) < 4.78 is 40.6. The Kier molecular flexibility index (Phi) is 3.55. The first-order chi connectivity index (χ1) is 8.58. The maximum atomic E-state index is 13.3. The third kappa shape index (κ3) is 2.64. The summed E-state index contributed by atoms with van der Waals surface area (Å²) >= 11 is 0. The van der Waals surface area contributed by atoms with Gasteiger partial charge < -0.3 is 5.32 Å². The van der Waals surface area contributed by atoms with E-state index >= 15 is 0 Å². The Morgan fingerprint density at radius 3 is 2.67 bits per heavy atom. The molecule has 0 aliphatic heterocycles. The summed E-state index contributed by atoms with van der Waals surface area (Å²) in [5, 5.41) is 6.71. The average molecular weight is 255 g/mol. The lowest BCUT2D eigenvalue weighted by Gasteiger charge is -2.07. The average Bonchev–Trinajstić information content (AvgIpc) is 2.75. The SMILES string of the molecule is Cn1cc(CCNc2ccc(F)c(F)c2F)cn1. The van der Waals surface area contributed by atoms with Crippen molar-refractivity contribution in [3.05, 3.63) is 47.5 Å². The van der Waals surface area contributed by atoms with Gasteiger partial charge in [-0.05, 0) is 24.1 Å². The summed E-state index contributed by atoms with van der Waals surface area (Å²) in [5.41, 5.74) is 0.936. The first-order valence-electron chi connectivity index (χ1n) is 5.43. The maximum Gasteiger partial charge on any atom is 0.196 e. The Labute approximate surface area is 102 Å². The molecule has 0 saturated heterocycles. The smallest absolute Gasteiger partial charge is 0.196 e. The van der Waals surface area contributed by atoms with Crippen LogP contribution in [0.25, 0.3) is 0 Å². The van der Waals surface area contributed by atoms with Crippen molar-refractivity contribution in [3.63, 3.8) is 0 Å². The normalized spacial score (nSPS) is 10.7. The maximum absolute atomic E-state index is 13.3. The highest BCUT2D eigenvalue weighted by molar-refractivity contribution is 5.45. The molecule has 96 valence electrons. The van der Waals surface area contributed by atoms with Gasteiger partial charge in [0.1, 0.15) is 0 Å². The van der Waals surface area contributed by atoms with Crippen LogP contribution < -0.4 is 5.32 Å². The number of nitrogens with one attached hydrogen (secondary N) is 1. The monoisotopic (exact) mass is 255 g/mol. The fourth-order valence-electron chi connectivity index (χ4n) is 1.60. The Morgan fingerprint density at radius 2 is 2.00 bits per heavy atom. The fourth-order valence-corrected chi connectivity index (χ4v) is 1.60. The van der Waals surface area contributed by atoms with Gasteiger partial charge in [0, 0.05) is 19.8 Å². The molecule has 18 heavy (non-hydrogen) atoms. The summed E-state index contributed by atoms with van der Waals surface area (Å²) in [7, 11) is 1.80. The van der Waals surface area contributed by atoms with Gasteiger partial charge in [-0.15, -0.1) is 0 Å². The van der Waals surface area contributed by atoms with E-state index in [1.54, 1.807) is 17.9 Å². The van der Waals surface area contributed by atoms with Crippen molar-refractivity contribution in [3.8, 4) is 0 Å². The van der Waals surface area contributed by atoms with Crippen LogP contribution in [0.5, 0.6) is 0 Å². The number of rotatable bonds is 4. The summed E-state index contributed by atoms with van der Waals surface area (Å²) in [6, 6.07) is 2.07. The van der Waals surface area contributed by atoms with Gasteiger partial charge >= 0.3 is 0 Å². The zero-order chi connectivity index (χ0) is 13.1. The van der Waals surface area contributed by atoms with Crippen LogP contribution in [0.15, 0.2) is 24.5 Å². The highest BCUT2D eigenvalue weighted by Crippen LogP contribution is 2.19. The molecule has 0 unspecified atom stereocenters. The van der Waals surface area contributed by atoms with E-state index in [2.05, 4.69) is 10.4 Å². The number of aryl methyl sites for hydroxylation is 1. The minimum Gasteiger partial charge on any atom is -0.382 e. The van der Waals surface area contributed by atoms with Crippen molar-refractivity contribution in [2.45, 2.75) is 6.42 Å². The van der Waals surface area contributed by atoms with Gasteiger partial charge in [0.15, 0.2) is 17.5 Å². The molecule has 1 N–H and O–H groups in total. The third-order valence-electron chi connectivity index (χ3n) is 2.52. The molecule has 1 aromatic heterocycles. The number of anilines is 1. The van der Waals surface area contributed by atoms with Crippen molar-refractivity contribution in [1.29, 1.82) is 0 Å². The predicted molar refractivity (Wildman–Crippen MR) is 61.7 cm³/mol. The molecule has 6 heteroatoms. The summed E-state index contributed by atoms with van der Waals surface area (Å²) in [5.74, 6) is -3.84. The number of benzene rings is 1. The van der Waals surface area contributed by atoms with Crippen molar-refractivity contribution >= 4 is 5.69 Å². The third-order valence-corrected chi connectivity index (χ3v) is 2.52. The molecule has 1 heterocycles. The van der Waals surface area contributed by atoms with Crippen LogP contribution in [0, 0.1) is 17.5 Å². The molecular weight excluding hydrogens is 243 g/mol. The number of hydrogen-bond donors (Lipinski definition) is 1. The lowest BCUT2D eigenvalue weighted by molar-refractivity contribution is 0.449. The Balaban J connectivity index is 1.96. The highest BCUT2D eigenvalue weighted by atomic mass is 19.2. The molecule has 2 rings (SSSR count). The molecule has 0 bridgehead atoms. The molecule has 3 nitrogen and oxygen atoms in total. The van der Waals surface area contributed by atoms with E-state index in [-0.39, 0.29) is 5.69 Å². The van der Waals surface area contributed by atoms with E-state index in [0.717, 1.165) is 11.6 Å². The molecule has 0 saturated carbocycles. The quantitative estimate of drug-likeness (QED) is 0.851. The van der Waals surface area contributed by atoms with Crippen molar-refractivity contribution in [1.82, 2.24) is 9.78 Å². The first-order valence-corrected chi connectivity index (χ1v) is 5.43. The van der Waals surface area contributed by atoms with Crippen LogP contribution >= 0.6 is 0 Å². The summed E-state index contributed by atoms with van der Waals surface area (Å²) in [6.45, 7) is 0.410. The molecule has 0 radical (unpaired) electrons. The van der Waals surface area contributed by atoms with Gasteiger partial charge in [-0.3, -0.25) is 4.68 Å². The zero-order valence-electron chi connectivity index (χ0n) is 9.75. The molecule has 0 fully saturated rings. The van der Waals surface area contributed by atoms with Gasteiger partial charge in [0.25, 0.3) is 0 Å². The van der Waals surface area contributed by atoms with Crippen molar-refractivity contribution in [2.75, 3.05) is 11.9 Å². The number of nitrogens with zero attached hydrogens (tertiary/aromatic N) is 2. The Bertz CT molecular complexity index is 551. The predicted octanol–water partition coefficient (Wildman–Crippen LogP) is 2.49. The van der Waals surface area contributed by atoms with Gasteiger partial charge in [-0.2, -0.15) is 5.10 Å². The van der Waals surface area contributed by atoms with E-state index in [1.807, 2.05) is 6.20 Å². The highest BCUT2D eigenvalue weighted by Gasteiger charge is 2.12. The minimum absolute atomic E-state index is 0.0437. The molecule has 0 amide bonds. The minimum atomic E-state index is -1.46. The molecular formula is C12H12F3N3. The van der Waals surface area contributed by atoms with Gasteiger partial charge in [0.05, 0.1) is 11.9 Å². The van der Waals surface area contributed by atoms with Gasteiger partial charge in [0.2, 0.25) is 0 Å². The lowest BCUT2D eigenvalue weighted by atomic mass is 10.2. The Morgan fingerprint density at radius 1 is 1.22 bits per heavy atom. The topological polar surface area (TPSA) is 29.9 Å². The summed E-state index contributed by atoms with van der Waals surface area (Å²) in [6.07, 6.45) is 4.15. The summed E-state index contributed by atoms with van der Waals surface area (Å²) in [4.78, 5) is 0. The second kappa shape index (κ2) is 5.12. The van der Waals surface area contributed by atoms with Crippen molar-refractivity contribution in [2.24, 2.45) is 7.05 Å². The van der Waals surface area contributed by atoms with Crippen LogP contribution in [0.3, 0.4) is 0 Å². The van der Waals surface area contributed by atoms with E-state index in [1.165, 1.54) is 6.07 Å². The van der Waals surface area contributed by atoms with Crippen LogP contribution in [0.2, 0.25) is 0 Å². The lowest BCUT2D eigenvalue weighted by Crippen LogP contribution is -2.07. The number of hydrogen-bond acceptors (Lipinski definition) is 2. The fraction of sp³-hybridized carbons (Fsp3) is 0.250.